The van der Waals surface area contributed by atoms with Crippen molar-refractivity contribution >= 4 is 20.1 Å². The Labute approximate surface area is 157 Å². The number of sulfonamides is 1. The molecular weight excluding hydrogens is 440 g/mol. The van der Waals surface area contributed by atoms with Gasteiger partial charge in [-0.2, -0.15) is 34.8 Å². The Morgan fingerprint density at radius 2 is 1.21 bits per heavy atom. The van der Waals surface area contributed by atoms with Gasteiger partial charge in [-0.15, -0.1) is 0 Å². The number of halogens is 6. The van der Waals surface area contributed by atoms with E-state index in [9.17, 15) is 43.2 Å². The summed E-state index contributed by atoms with van der Waals surface area (Å²) < 4.78 is 135. The maximum atomic E-state index is 13.9. The van der Waals surface area contributed by atoms with Gasteiger partial charge in [-0.25, -0.2) is 13.1 Å². The third-order valence-corrected chi connectivity index (χ3v) is 8.55. The van der Waals surface area contributed by atoms with Crippen molar-refractivity contribution in [2.75, 3.05) is 6.54 Å². The maximum Gasteiger partial charge on any atom is 0.439 e. The van der Waals surface area contributed by atoms with Gasteiger partial charge in [-0.1, -0.05) is 0 Å². The number of hydrogen-bond acceptors (Lipinski definition) is 4. The normalized spacial score (nSPS) is 34.0. The van der Waals surface area contributed by atoms with Crippen molar-refractivity contribution in [2.24, 2.45) is 23.2 Å². The highest BCUT2D eigenvalue weighted by molar-refractivity contribution is 7.90. The Bertz CT molecular complexity index is 822. The smallest absolute Gasteiger partial charge is 0.281 e. The molecule has 0 aromatic heterocycles. The van der Waals surface area contributed by atoms with Crippen molar-refractivity contribution in [1.29, 1.82) is 0 Å². The molecule has 0 atom stereocenters. The maximum absolute atomic E-state index is 13.9. The molecule has 14 heteroatoms. The summed E-state index contributed by atoms with van der Waals surface area (Å²) >= 11 is 0. The number of nitrogens with one attached hydrogen (secondary N) is 1. The van der Waals surface area contributed by atoms with E-state index in [4.69, 9.17) is 4.55 Å². The van der Waals surface area contributed by atoms with Gasteiger partial charge in [0.25, 0.3) is 10.0 Å². The monoisotopic (exact) mass is 459 g/mol. The van der Waals surface area contributed by atoms with Gasteiger partial charge in [0, 0.05) is 6.54 Å². The minimum atomic E-state index is -7.01. The molecule has 0 unspecified atom stereocenters. The van der Waals surface area contributed by atoms with Crippen molar-refractivity contribution in [2.45, 2.75) is 55.0 Å². The zero-order valence-electron chi connectivity index (χ0n) is 14.3. The Kier molecular flexibility index (Phi) is 4.89. The highest BCUT2D eigenvalue weighted by Gasteiger charge is 2.82. The molecule has 4 aliphatic carbocycles. The lowest BCUT2D eigenvalue weighted by Crippen LogP contribution is -2.63. The zero-order valence-corrected chi connectivity index (χ0v) is 16.0. The molecular formula is C14H19F6NO5S2. The minimum absolute atomic E-state index is 0.279. The van der Waals surface area contributed by atoms with E-state index in [1.54, 1.807) is 0 Å². The predicted molar refractivity (Wildman–Crippen MR) is 83.9 cm³/mol. The van der Waals surface area contributed by atoms with Crippen molar-refractivity contribution in [1.82, 2.24) is 4.72 Å². The van der Waals surface area contributed by atoms with Crippen molar-refractivity contribution in [3.63, 3.8) is 0 Å². The molecule has 0 radical (unpaired) electrons. The van der Waals surface area contributed by atoms with E-state index >= 15 is 0 Å². The number of hydrogen-bond donors (Lipinski definition) is 2. The average Bonchev–Trinajstić information content (AvgIpc) is 2.50. The molecule has 4 fully saturated rings. The first kappa shape index (κ1) is 22.1. The third-order valence-electron chi connectivity index (χ3n) is 6.19. The van der Waals surface area contributed by atoms with Gasteiger partial charge in [-0.3, -0.25) is 4.55 Å². The van der Waals surface area contributed by atoms with Crippen LogP contribution in [-0.2, 0) is 20.1 Å². The third kappa shape index (κ3) is 3.14. The van der Waals surface area contributed by atoms with Crippen LogP contribution in [0.5, 0.6) is 0 Å². The van der Waals surface area contributed by atoms with Gasteiger partial charge in [0.1, 0.15) is 0 Å². The fourth-order valence-electron chi connectivity index (χ4n) is 5.35. The summed E-state index contributed by atoms with van der Waals surface area (Å²) in [5.74, 6) is -6.06. The lowest BCUT2D eigenvalue weighted by atomic mass is 9.50. The topological polar surface area (TPSA) is 101 Å². The fourth-order valence-corrected chi connectivity index (χ4v) is 7.01. The van der Waals surface area contributed by atoms with Crippen molar-refractivity contribution < 1.29 is 47.7 Å². The molecule has 0 heterocycles. The summed E-state index contributed by atoms with van der Waals surface area (Å²) in [5.41, 5.74) is -0.710. The largest absolute Gasteiger partial charge is 0.439 e. The van der Waals surface area contributed by atoms with E-state index in [2.05, 4.69) is 0 Å². The summed E-state index contributed by atoms with van der Waals surface area (Å²) in [6.07, 6.45) is 4.35. The van der Waals surface area contributed by atoms with E-state index in [1.807, 2.05) is 0 Å². The minimum Gasteiger partial charge on any atom is -0.281 e. The van der Waals surface area contributed by atoms with E-state index in [-0.39, 0.29) is 17.8 Å². The lowest BCUT2D eigenvalue weighted by Gasteiger charge is -2.57. The Morgan fingerprint density at radius 3 is 1.57 bits per heavy atom. The molecule has 4 rings (SSSR count). The van der Waals surface area contributed by atoms with Crippen LogP contribution in [0, 0.1) is 23.2 Å². The molecule has 0 saturated heterocycles. The van der Waals surface area contributed by atoms with Crippen LogP contribution in [0.15, 0.2) is 0 Å². The van der Waals surface area contributed by atoms with Crippen LogP contribution in [0.1, 0.15) is 38.5 Å². The van der Waals surface area contributed by atoms with E-state index < -0.39 is 48.5 Å². The second-order valence-electron chi connectivity index (χ2n) is 8.33. The van der Waals surface area contributed by atoms with Gasteiger partial charge >= 0.3 is 26.5 Å². The molecule has 2 N–H and O–H groups in total. The van der Waals surface area contributed by atoms with E-state index in [0.29, 0.717) is 19.3 Å². The van der Waals surface area contributed by atoms with Crippen LogP contribution in [0.3, 0.4) is 0 Å². The van der Waals surface area contributed by atoms with Crippen LogP contribution in [0.25, 0.3) is 0 Å². The van der Waals surface area contributed by atoms with Gasteiger partial charge in [0.15, 0.2) is 0 Å². The molecule has 4 aliphatic rings. The number of rotatable bonds is 7. The molecule has 28 heavy (non-hydrogen) atoms. The summed E-state index contributed by atoms with van der Waals surface area (Å²) in [5, 5.41) is -13.2. The first-order valence-electron chi connectivity index (χ1n) is 8.54. The Hall–Kier alpha value is -0.600. The molecule has 4 saturated carbocycles. The first-order chi connectivity index (χ1) is 12.4. The first-order valence-corrected chi connectivity index (χ1v) is 11.5. The van der Waals surface area contributed by atoms with Crippen molar-refractivity contribution in [3.8, 4) is 0 Å². The Morgan fingerprint density at radius 1 is 0.821 bits per heavy atom. The summed E-state index contributed by atoms with van der Waals surface area (Å²) in [6.45, 7) is -0.623. The van der Waals surface area contributed by atoms with Crippen LogP contribution in [0.4, 0.5) is 26.3 Å². The molecule has 0 aromatic rings. The molecule has 0 spiro atoms. The highest BCUT2D eigenvalue weighted by atomic mass is 32.2. The van der Waals surface area contributed by atoms with Gasteiger partial charge in [0.05, 0.1) is 0 Å². The quantitative estimate of drug-likeness (QED) is 0.451. The van der Waals surface area contributed by atoms with E-state index in [0.717, 1.165) is 19.3 Å². The van der Waals surface area contributed by atoms with Crippen LogP contribution >= 0.6 is 0 Å². The predicted octanol–water partition coefficient (Wildman–Crippen LogP) is 2.83. The second-order valence-corrected chi connectivity index (χ2v) is 11.6. The molecule has 4 bridgehead atoms. The molecule has 6 nitrogen and oxygen atoms in total. The van der Waals surface area contributed by atoms with Gasteiger partial charge in [0.2, 0.25) is 0 Å². The van der Waals surface area contributed by atoms with Crippen LogP contribution in [0.2, 0.25) is 0 Å². The van der Waals surface area contributed by atoms with Crippen LogP contribution < -0.4 is 4.72 Å². The molecule has 0 aliphatic heterocycles. The molecule has 0 aromatic carbocycles. The standard InChI is InChI=1S/C14H19F6NO5S2/c15-12(16,14(19,20)28(24,25)26)13(17,18)27(22,23)21-7-11-4-8-1-9(5-11)3-10(2-8)6-11/h8-10,21H,1-7H2,(H,24,25,26). The van der Waals surface area contributed by atoms with Gasteiger partial charge in [-0.05, 0) is 61.7 Å². The SMILES string of the molecule is O=S(=O)(O)C(F)(F)C(F)(F)C(F)(F)S(=O)(=O)NCC12CC3CC(CC(C3)C1)C2. The summed E-state index contributed by atoms with van der Waals surface area (Å²) in [6, 6.07) is 0. The molecule has 0 amide bonds. The zero-order chi connectivity index (χ0) is 21.4. The van der Waals surface area contributed by atoms with Crippen molar-refractivity contribution in [3.05, 3.63) is 0 Å². The highest BCUT2D eigenvalue weighted by Crippen LogP contribution is 2.60. The summed E-state index contributed by atoms with van der Waals surface area (Å²) in [7, 11) is -13.4. The van der Waals surface area contributed by atoms with Crippen LogP contribution in [-0.4, -0.2) is 44.4 Å². The van der Waals surface area contributed by atoms with E-state index in [1.165, 1.54) is 4.72 Å². The second kappa shape index (κ2) is 6.20. The summed E-state index contributed by atoms with van der Waals surface area (Å²) in [4.78, 5) is 0. The fraction of sp³-hybridized carbons (Fsp3) is 1.00. The lowest BCUT2D eigenvalue weighted by molar-refractivity contribution is -0.246. The Balaban J connectivity index is 1.82. The average molecular weight is 459 g/mol. The van der Waals surface area contributed by atoms with Gasteiger partial charge < -0.3 is 0 Å². The molecule has 164 valence electrons. The number of alkyl halides is 6.